The molecule has 1 heterocycles. The molecule has 0 bridgehead atoms. The number of hydrogen-bond acceptors (Lipinski definition) is 7. The minimum Gasteiger partial charge on any atom is -0.497 e. The molecule has 2 rings (SSSR count). The lowest BCUT2D eigenvalue weighted by atomic mass is 10.1. The van der Waals surface area contributed by atoms with Gasteiger partial charge in [0.2, 0.25) is 0 Å². The largest absolute Gasteiger partial charge is 0.497 e. The van der Waals surface area contributed by atoms with Crippen LogP contribution in [-0.2, 0) is 0 Å². The smallest absolute Gasteiger partial charge is 0.259 e. The lowest BCUT2D eigenvalue weighted by Crippen LogP contribution is -2.26. The molecule has 0 saturated carbocycles. The van der Waals surface area contributed by atoms with Crippen LogP contribution in [0.15, 0.2) is 51.8 Å². The highest BCUT2D eigenvalue weighted by molar-refractivity contribution is 9.10. The summed E-state index contributed by atoms with van der Waals surface area (Å²) in [4.78, 5) is 20.8. The van der Waals surface area contributed by atoms with Gasteiger partial charge in [0.25, 0.3) is 5.91 Å². The van der Waals surface area contributed by atoms with Gasteiger partial charge in [-0.1, -0.05) is 11.6 Å². The number of nitrogens with two attached hydrogens (primary N) is 3. The maximum Gasteiger partial charge on any atom is 0.259 e. The number of hydrogen-bond donors (Lipinski definition) is 4. The molecule has 1 amide bonds. The number of nitrogen functional groups attached to an aromatic ring is 1. The lowest BCUT2D eigenvalue weighted by Gasteiger charge is -2.13. The summed E-state index contributed by atoms with van der Waals surface area (Å²) >= 11 is 9.35. The van der Waals surface area contributed by atoms with Crippen molar-refractivity contribution in [2.24, 2.45) is 16.5 Å². The summed E-state index contributed by atoms with van der Waals surface area (Å²) in [7, 11) is 1.55. The second-order valence-electron chi connectivity index (χ2n) is 5.62. The Bertz CT molecular complexity index is 919. The summed E-state index contributed by atoms with van der Waals surface area (Å²) in [6.07, 6.45) is 4.14. The molecule has 28 heavy (non-hydrogen) atoms. The molecule has 1 aromatic carbocycles. The second-order valence-corrected chi connectivity index (χ2v) is 6.97. The van der Waals surface area contributed by atoms with E-state index in [4.69, 9.17) is 33.5 Å². The first kappa shape index (κ1) is 21.7. The van der Waals surface area contributed by atoms with E-state index in [-0.39, 0.29) is 23.6 Å². The third-order valence-corrected chi connectivity index (χ3v) is 4.35. The van der Waals surface area contributed by atoms with Gasteiger partial charge >= 0.3 is 0 Å². The van der Waals surface area contributed by atoms with Crippen LogP contribution in [0.4, 0.5) is 5.82 Å². The number of ether oxygens (including phenoxy) is 1. The molecule has 8 nitrogen and oxygen atoms in total. The molecule has 1 atom stereocenters. The zero-order valence-electron chi connectivity index (χ0n) is 15.0. The van der Waals surface area contributed by atoms with E-state index in [0.717, 1.165) is 5.56 Å². The number of halogens is 2. The molecule has 0 spiro atoms. The van der Waals surface area contributed by atoms with Crippen molar-refractivity contribution in [3.05, 3.63) is 63.0 Å². The van der Waals surface area contributed by atoms with Crippen LogP contribution in [0.1, 0.15) is 22.0 Å². The molecule has 1 aromatic heterocycles. The van der Waals surface area contributed by atoms with Crippen molar-refractivity contribution >= 4 is 45.5 Å². The molecule has 0 aliphatic heterocycles. The summed E-state index contributed by atoms with van der Waals surface area (Å²) in [5.74, 6) is 0.222. The van der Waals surface area contributed by atoms with Gasteiger partial charge < -0.3 is 27.3 Å². The first-order valence-electron chi connectivity index (χ1n) is 8.10. The van der Waals surface area contributed by atoms with E-state index in [1.807, 2.05) is 0 Å². The standard InChI is InChI=1S/C18H20BrClN6O2/c1-28-14-3-10(2-12(20)5-14)16(7-22)24-9-13(6-21)26-18(27)15-4-11(19)8-25-17(15)23/h2-6,8-9,16H,7,21-22H2,1H3,(H2,23,25)(H,26,27). The van der Waals surface area contributed by atoms with E-state index in [2.05, 4.69) is 31.2 Å². The monoisotopic (exact) mass is 466 g/mol. The van der Waals surface area contributed by atoms with E-state index in [9.17, 15) is 4.79 Å². The molecule has 1 unspecified atom stereocenters. The number of nitrogens with zero attached hydrogens (tertiary/aromatic N) is 2. The van der Waals surface area contributed by atoms with Gasteiger partial charge in [0.1, 0.15) is 11.6 Å². The van der Waals surface area contributed by atoms with Crippen molar-refractivity contribution < 1.29 is 9.53 Å². The Morgan fingerprint density at radius 1 is 1.43 bits per heavy atom. The third kappa shape index (κ3) is 5.69. The first-order valence-corrected chi connectivity index (χ1v) is 9.27. The fourth-order valence-corrected chi connectivity index (χ4v) is 2.86. The average molecular weight is 468 g/mol. The average Bonchev–Trinajstić information content (AvgIpc) is 2.68. The van der Waals surface area contributed by atoms with Gasteiger partial charge in [0.05, 0.1) is 24.4 Å². The summed E-state index contributed by atoms with van der Waals surface area (Å²) in [5, 5.41) is 3.13. The second kappa shape index (κ2) is 10.1. The molecule has 7 N–H and O–H groups in total. The van der Waals surface area contributed by atoms with Crippen LogP contribution < -0.4 is 27.3 Å². The predicted molar refractivity (Wildman–Crippen MR) is 114 cm³/mol. The van der Waals surface area contributed by atoms with Crippen molar-refractivity contribution in [1.29, 1.82) is 0 Å². The highest BCUT2D eigenvalue weighted by Crippen LogP contribution is 2.26. The topological polar surface area (TPSA) is 142 Å². The van der Waals surface area contributed by atoms with Gasteiger partial charge in [-0.25, -0.2) is 4.98 Å². The molecular weight excluding hydrogens is 448 g/mol. The third-order valence-electron chi connectivity index (χ3n) is 3.70. The number of anilines is 1. The molecule has 0 aliphatic rings. The zero-order chi connectivity index (χ0) is 20.7. The Hall–Kier alpha value is -2.62. The van der Waals surface area contributed by atoms with Gasteiger partial charge in [-0.15, -0.1) is 0 Å². The molecule has 0 saturated heterocycles. The number of allylic oxidation sites excluding steroid dienone is 1. The van der Waals surface area contributed by atoms with Crippen LogP contribution in [0, 0.1) is 0 Å². The van der Waals surface area contributed by atoms with E-state index in [1.165, 1.54) is 18.6 Å². The molecule has 2 aromatic rings. The van der Waals surface area contributed by atoms with Crippen LogP contribution in [0.3, 0.4) is 0 Å². The number of pyridine rings is 1. The Morgan fingerprint density at radius 2 is 2.18 bits per heavy atom. The fourth-order valence-electron chi connectivity index (χ4n) is 2.30. The number of aromatic nitrogens is 1. The van der Waals surface area contributed by atoms with Gasteiger partial charge in [0, 0.05) is 34.7 Å². The van der Waals surface area contributed by atoms with Gasteiger partial charge in [-0.2, -0.15) is 0 Å². The van der Waals surface area contributed by atoms with Crippen LogP contribution in [0.2, 0.25) is 5.02 Å². The molecular formula is C18H20BrClN6O2. The molecule has 0 fully saturated rings. The van der Waals surface area contributed by atoms with Gasteiger partial charge in [-0.05, 0) is 45.8 Å². The van der Waals surface area contributed by atoms with Crippen LogP contribution in [0.25, 0.3) is 0 Å². The maximum atomic E-state index is 12.4. The van der Waals surface area contributed by atoms with E-state index >= 15 is 0 Å². The van der Waals surface area contributed by atoms with E-state index in [1.54, 1.807) is 31.4 Å². The number of methoxy groups -OCH3 is 1. The number of carbonyl (C=O) groups is 1. The van der Waals surface area contributed by atoms with Crippen molar-refractivity contribution in [3.63, 3.8) is 0 Å². The number of benzene rings is 1. The first-order chi connectivity index (χ1) is 13.4. The van der Waals surface area contributed by atoms with Crippen molar-refractivity contribution in [3.8, 4) is 5.75 Å². The Balaban J connectivity index is 2.18. The van der Waals surface area contributed by atoms with Crippen LogP contribution in [-0.4, -0.2) is 30.8 Å². The number of nitrogens with one attached hydrogen (secondary N) is 1. The lowest BCUT2D eigenvalue weighted by molar-refractivity contribution is 0.0968. The highest BCUT2D eigenvalue weighted by Gasteiger charge is 2.14. The SMILES string of the molecule is COc1cc(Cl)cc(C(CN)N=CC(=CN)NC(=O)c2cc(Br)cnc2N)c1. The van der Waals surface area contributed by atoms with Gasteiger partial charge in [0.15, 0.2) is 0 Å². The van der Waals surface area contributed by atoms with Gasteiger partial charge in [-0.3, -0.25) is 9.79 Å². The summed E-state index contributed by atoms with van der Waals surface area (Å²) in [5.41, 5.74) is 18.4. The van der Waals surface area contributed by atoms with Crippen molar-refractivity contribution in [1.82, 2.24) is 10.3 Å². The van der Waals surface area contributed by atoms with Crippen LogP contribution in [0.5, 0.6) is 5.75 Å². The Labute approximate surface area is 175 Å². The quantitative estimate of drug-likeness (QED) is 0.461. The molecule has 10 heteroatoms. The zero-order valence-corrected chi connectivity index (χ0v) is 17.4. The Kier molecular flexibility index (Phi) is 7.80. The maximum absolute atomic E-state index is 12.4. The molecule has 0 aliphatic carbocycles. The number of aliphatic imine (C=N–C) groups is 1. The molecule has 0 radical (unpaired) electrons. The van der Waals surface area contributed by atoms with E-state index < -0.39 is 11.9 Å². The van der Waals surface area contributed by atoms with E-state index in [0.29, 0.717) is 15.2 Å². The van der Waals surface area contributed by atoms with Crippen molar-refractivity contribution in [2.75, 3.05) is 19.4 Å². The number of rotatable bonds is 7. The number of amides is 1. The summed E-state index contributed by atoms with van der Waals surface area (Å²) in [6.45, 7) is 0.217. The number of carbonyl (C=O) groups excluding carboxylic acids is 1. The Morgan fingerprint density at radius 3 is 2.82 bits per heavy atom. The summed E-state index contributed by atoms with van der Waals surface area (Å²) < 4.78 is 5.83. The van der Waals surface area contributed by atoms with Crippen molar-refractivity contribution in [2.45, 2.75) is 6.04 Å². The van der Waals surface area contributed by atoms with Crippen LogP contribution >= 0.6 is 27.5 Å². The normalized spacial score (nSPS) is 12.8. The minimum atomic E-state index is -0.469. The fraction of sp³-hybridized carbons (Fsp3) is 0.167. The summed E-state index contributed by atoms with van der Waals surface area (Å²) in [6, 6.07) is 6.38. The highest BCUT2D eigenvalue weighted by atomic mass is 79.9. The predicted octanol–water partition coefficient (Wildman–Crippen LogP) is 2.39. The molecule has 148 valence electrons. The minimum absolute atomic E-state index is 0.0971.